The summed E-state index contributed by atoms with van der Waals surface area (Å²) in [4.78, 5) is 10.3. The molecule has 0 saturated heterocycles. The van der Waals surface area contributed by atoms with Crippen molar-refractivity contribution in [2.24, 2.45) is 0 Å². The second kappa shape index (κ2) is 5.33. The van der Waals surface area contributed by atoms with Crippen molar-refractivity contribution in [3.05, 3.63) is 70.3 Å². The minimum atomic E-state index is -0.437. The van der Waals surface area contributed by atoms with Gasteiger partial charge in [-0.1, -0.05) is 29.8 Å². The topological polar surface area (TPSA) is 87.0 Å². The first kappa shape index (κ1) is 13.8. The number of nitro groups is 1. The first-order chi connectivity index (χ1) is 10.5. The fraction of sp³-hybridized carbons (Fsp3) is 0.0625. The second-order valence-corrected chi connectivity index (χ2v) is 5.01. The standard InChI is InChI=1S/C16H14N4O2/c1-11-2-4-12(5-3-11)15-10-16(17)19(18-15)13-6-8-14(9-7-13)20(21)22/h2-10H,17H2,1H3. The second-order valence-electron chi connectivity index (χ2n) is 5.01. The molecule has 0 spiro atoms. The van der Waals surface area contributed by atoms with Gasteiger partial charge in [-0.25, -0.2) is 4.68 Å². The molecule has 3 aromatic rings. The fourth-order valence-electron chi connectivity index (χ4n) is 2.18. The molecule has 0 aliphatic carbocycles. The van der Waals surface area contributed by atoms with E-state index in [4.69, 9.17) is 5.73 Å². The lowest BCUT2D eigenvalue weighted by atomic mass is 10.1. The molecule has 2 N–H and O–H groups in total. The van der Waals surface area contributed by atoms with E-state index in [0.29, 0.717) is 11.5 Å². The molecule has 0 saturated carbocycles. The van der Waals surface area contributed by atoms with Gasteiger partial charge in [-0.05, 0) is 19.1 Å². The lowest BCUT2D eigenvalue weighted by Gasteiger charge is -2.03. The lowest BCUT2D eigenvalue weighted by molar-refractivity contribution is -0.384. The van der Waals surface area contributed by atoms with Gasteiger partial charge in [0.05, 0.1) is 16.3 Å². The van der Waals surface area contributed by atoms with E-state index >= 15 is 0 Å². The van der Waals surface area contributed by atoms with Crippen LogP contribution in [0.1, 0.15) is 5.56 Å². The Morgan fingerprint density at radius 1 is 1.09 bits per heavy atom. The van der Waals surface area contributed by atoms with Gasteiger partial charge in [0.15, 0.2) is 0 Å². The molecule has 3 rings (SSSR count). The molecule has 22 heavy (non-hydrogen) atoms. The maximum absolute atomic E-state index is 10.7. The van der Waals surface area contributed by atoms with E-state index in [1.165, 1.54) is 17.7 Å². The minimum absolute atomic E-state index is 0.0354. The summed E-state index contributed by atoms with van der Waals surface area (Å²) in [6.45, 7) is 2.02. The van der Waals surface area contributed by atoms with Crippen LogP contribution < -0.4 is 5.73 Å². The maximum atomic E-state index is 10.7. The van der Waals surface area contributed by atoms with Gasteiger partial charge in [-0.2, -0.15) is 5.10 Å². The van der Waals surface area contributed by atoms with Gasteiger partial charge in [0, 0.05) is 23.8 Å². The van der Waals surface area contributed by atoms with Crippen LogP contribution in [0, 0.1) is 17.0 Å². The van der Waals surface area contributed by atoms with Crippen LogP contribution in [0.3, 0.4) is 0 Å². The van der Waals surface area contributed by atoms with Crippen molar-refractivity contribution in [1.29, 1.82) is 0 Å². The van der Waals surface area contributed by atoms with Crippen molar-refractivity contribution >= 4 is 11.5 Å². The number of nitrogen functional groups attached to an aromatic ring is 1. The summed E-state index contributed by atoms with van der Waals surface area (Å²) in [7, 11) is 0. The zero-order valence-corrected chi connectivity index (χ0v) is 11.9. The molecule has 0 amide bonds. The first-order valence-electron chi connectivity index (χ1n) is 6.72. The molecule has 0 unspecified atom stereocenters. The third-order valence-electron chi connectivity index (χ3n) is 3.39. The highest BCUT2D eigenvalue weighted by Gasteiger charge is 2.10. The van der Waals surface area contributed by atoms with Gasteiger partial charge < -0.3 is 5.73 Å². The molecular formula is C16H14N4O2. The fourth-order valence-corrected chi connectivity index (χ4v) is 2.18. The van der Waals surface area contributed by atoms with Crippen LogP contribution >= 0.6 is 0 Å². The van der Waals surface area contributed by atoms with Crippen molar-refractivity contribution in [3.63, 3.8) is 0 Å². The van der Waals surface area contributed by atoms with Gasteiger partial charge in [0.25, 0.3) is 5.69 Å². The molecule has 2 aromatic carbocycles. The smallest absolute Gasteiger partial charge is 0.269 e. The van der Waals surface area contributed by atoms with E-state index in [9.17, 15) is 10.1 Å². The molecule has 0 fully saturated rings. The normalized spacial score (nSPS) is 10.6. The summed E-state index contributed by atoms with van der Waals surface area (Å²) in [5.41, 5.74) is 9.63. The number of aryl methyl sites for hydroxylation is 1. The average molecular weight is 294 g/mol. The van der Waals surface area contributed by atoms with Crippen LogP contribution in [0.2, 0.25) is 0 Å². The average Bonchev–Trinajstić information content (AvgIpc) is 2.90. The van der Waals surface area contributed by atoms with Crippen molar-refractivity contribution < 1.29 is 4.92 Å². The summed E-state index contributed by atoms with van der Waals surface area (Å²) >= 11 is 0. The molecule has 1 heterocycles. The Bertz CT molecular complexity index is 820. The van der Waals surface area contributed by atoms with Crippen LogP contribution in [-0.2, 0) is 0 Å². The summed E-state index contributed by atoms with van der Waals surface area (Å²) < 4.78 is 1.57. The van der Waals surface area contributed by atoms with Gasteiger partial charge in [0.1, 0.15) is 5.82 Å². The van der Waals surface area contributed by atoms with Crippen LogP contribution in [0.4, 0.5) is 11.5 Å². The number of hydrogen-bond donors (Lipinski definition) is 1. The number of anilines is 1. The summed E-state index contributed by atoms with van der Waals surface area (Å²) in [5.74, 6) is 0.476. The van der Waals surface area contributed by atoms with Crippen molar-refractivity contribution in [2.75, 3.05) is 5.73 Å². The summed E-state index contributed by atoms with van der Waals surface area (Å²) in [6, 6.07) is 15.9. The molecule has 6 nitrogen and oxygen atoms in total. The molecule has 110 valence electrons. The van der Waals surface area contributed by atoms with Gasteiger partial charge in [-0.15, -0.1) is 0 Å². The van der Waals surface area contributed by atoms with E-state index < -0.39 is 4.92 Å². The zero-order valence-electron chi connectivity index (χ0n) is 11.9. The number of rotatable bonds is 3. The van der Waals surface area contributed by atoms with E-state index in [0.717, 1.165) is 11.3 Å². The monoisotopic (exact) mass is 294 g/mol. The number of nitrogens with zero attached hydrogens (tertiary/aromatic N) is 3. The molecule has 6 heteroatoms. The molecule has 0 aliphatic rings. The highest BCUT2D eigenvalue weighted by atomic mass is 16.6. The Hall–Kier alpha value is -3.15. The summed E-state index contributed by atoms with van der Waals surface area (Å²) in [5, 5.41) is 15.2. The molecule has 0 atom stereocenters. The van der Waals surface area contributed by atoms with Gasteiger partial charge >= 0.3 is 0 Å². The lowest BCUT2D eigenvalue weighted by Crippen LogP contribution is -2.01. The molecule has 0 radical (unpaired) electrons. The van der Waals surface area contributed by atoms with Crippen LogP contribution in [-0.4, -0.2) is 14.7 Å². The van der Waals surface area contributed by atoms with Crippen LogP contribution in [0.25, 0.3) is 16.9 Å². The number of nitrogens with two attached hydrogens (primary N) is 1. The quantitative estimate of drug-likeness (QED) is 0.593. The van der Waals surface area contributed by atoms with Crippen molar-refractivity contribution in [2.45, 2.75) is 6.92 Å². The Balaban J connectivity index is 1.98. The Morgan fingerprint density at radius 3 is 2.32 bits per heavy atom. The highest BCUT2D eigenvalue weighted by molar-refractivity contribution is 5.64. The number of nitro benzene ring substituents is 1. The Labute approximate surface area is 127 Å². The third-order valence-corrected chi connectivity index (χ3v) is 3.39. The number of aromatic nitrogens is 2. The van der Waals surface area contributed by atoms with Crippen LogP contribution in [0.5, 0.6) is 0 Å². The van der Waals surface area contributed by atoms with Gasteiger partial charge in [-0.3, -0.25) is 10.1 Å². The molecule has 1 aromatic heterocycles. The Morgan fingerprint density at radius 2 is 1.73 bits per heavy atom. The Kier molecular flexibility index (Phi) is 3.34. The molecular weight excluding hydrogens is 280 g/mol. The summed E-state index contributed by atoms with van der Waals surface area (Å²) in [6.07, 6.45) is 0. The highest BCUT2D eigenvalue weighted by Crippen LogP contribution is 2.24. The number of hydrogen-bond acceptors (Lipinski definition) is 4. The van der Waals surface area contributed by atoms with Gasteiger partial charge in [0.2, 0.25) is 0 Å². The van der Waals surface area contributed by atoms with Crippen molar-refractivity contribution in [1.82, 2.24) is 9.78 Å². The predicted octanol–water partition coefficient (Wildman–Crippen LogP) is 3.34. The predicted molar refractivity (Wildman–Crippen MR) is 84.8 cm³/mol. The van der Waals surface area contributed by atoms with E-state index in [-0.39, 0.29) is 5.69 Å². The van der Waals surface area contributed by atoms with Crippen molar-refractivity contribution in [3.8, 4) is 16.9 Å². The largest absolute Gasteiger partial charge is 0.384 e. The minimum Gasteiger partial charge on any atom is -0.384 e. The van der Waals surface area contributed by atoms with E-state index in [2.05, 4.69) is 5.10 Å². The van der Waals surface area contributed by atoms with E-state index in [1.807, 2.05) is 31.2 Å². The zero-order chi connectivity index (χ0) is 15.7. The SMILES string of the molecule is Cc1ccc(-c2cc(N)n(-c3ccc([N+](=O)[O-])cc3)n2)cc1. The molecule has 0 aliphatic heterocycles. The number of non-ortho nitro benzene ring substituents is 1. The third kappa shape index (κ3) is 2.54. The van der Waals surface area contributed by atoms with Crippen LogP contribution in [0.15, 0.2) is 54.6 Å². The first-order valence-corrected chi connectivity index (χ1v) is 6.72. The maximum Gasteiger partial charge on any atom is 0.269 e. The van der Waals surface area contributed by atoms with E-state index in [1.54, 1.807) is 22.9 Å². The number of benzene rings is 2. The molecule has 0 bridgehead atoms.